The molecule has 4 heteroatoms. The van der Waals surface area contributed by atoms with E-state index in [9.17, 15) is 9.59 Å². The molecule has 0 aliphatic carbocycles. The molecule has 0 atom stereocenters. The fourth-order valence-corrected chi connectivity index (χ4v) is 2.25. The number of nitrogens with one attached hydrogen (secondary N) is 1. The molecule has 0 radical (unpaired) electrons. The van der Waals surface area contributed by atoms with Crippen molar-refractivity contribution in [3.8, 4) is 0 Å². The summed E-state index contributed by atoms with van der Waals surface area (Å²) in [6.07, 6.45) is 1.32. The molecule has 17 heavy (non-hydrogen) atoms. The lowest BCUT2D eigenvalue weighted by atomic mass is 10.2. The van der Waals surface area contributed by atoms with Crippen LogP contribution >= 0.6 is 11.8 Å². The van der Waals surface area contributed by atoms with Gasteiger partial charge in [0.2, 0.25) is 5.91 Å². The van der Waals surface area contributed by atoms with Crippen molar-refractivity contribution in [2.24, 2.45) is 0 Å². The van der Waals surface area contributed by atoms with Crippen molar-refractivity contribution in [1.29, 1.82) is 0 Å². The Bertz CT molecular complexity index is 391. The van der Waals surface area contributed by atoms with E-state index < -0.39 is 0 Å². The largest absolute Gasteiger partial charge is 0.354 e. The average Bonchev–Trinajstić information content (AvgIpc) is 2.28. The monoisotopic (exact) mass is 251 g/mol. The normalized spacial score (nSPS) is 10.3. The first-order valence-corrected chi connectivity index (χ1v) is 6.58. The summed E-state index contributed by atoms with van der Waals surface area (Å²) in [6.45, 7) is 3.89. The standard InChI is InChI=1S/C13H17NO2S/c1-10(2)14-13(16)6-7-17-12-5-3-4-11(8-12)9-15/h3-5,8-10H,6-7H2,1-2H3,(H,14,16). The zero-order valence-corrected chi connectivity index (χ0v) is 10.9. The molecule has 0 aliphatic heterocycles. The molecule has 0 saturated heterocycles. The van der Waals surface area contributed by atoms with Crippen LogP contribution in [0.25, 0.3) is 0 Å². The van der Waals surface area contributed by atoms with Gasteiger partial charge in [-0.3, -0.25) is 9.59 Å². The second-order valence-electron chi connectivity index (χ2n) is 4.01. The van der Waals surface area contributed by atoms with E-state index in [0.717, 1.165) is 16.9 Å². The number of aldehydes is 1. The summed E-state index contributed by atoms with van der Waals surface area (Å²) in [5, 5.41) is 2.84. The van der Waals surface area contributed by atoms with Gasteiger partial charge < -0.3 is 5.32 Å². The van der Waals surface area contributed by atoms with Gasteiger partial charge in [0.15, 0.2) is 0 Å². The Morgan fingerprint density at radius 1 is 1.47 bits per heavy atom. The molecule has 1 N–H and O–H groups in total. The van der Waals surface area contributed by atoms with Gasteiger partial charge in [0.1, 0.15) is 6.29 Å². The third-order valence-corrected chi connectivity index (χ3v) is 3.04. The smallest absolute Gasteiger partial charge is 0.221 e. The van der Waals surface area contributed by atoms with E-state index in [1.54, 1.807) is 17.8 Å². The highest BCUT2D eigenvalue weighted by Gasteiger charge is 2.03. The van der Waals surface area contributed by atoms with Crippen molar-refractivity contribution in [3.63, 3.8) is 0 Å². The summed E-state index contributed by atoms with van der Waals surface area (Å²) < 4.78 is 0. The van der Waals surface area contributed by atoms with Gasteiger partial charge in [0, 0.05) is 28.7 Å². The maximum absolute atomic E-state index is 11.4. The van der Waals surface area contributed by atoms with Crippen molar-refractivity contribution >= 4 is 24.0 Å². The summed E-state index contributed by atoms with van der Waals surface area (Å²) >= 11 is 1.59. The molecule has 1 aromatic rings. The molecule has 3 nitrogen and oxygen atoms in total. The lowest BCUT2D eigenvalue weighted by Gasteiger charge is -2.07. The first-order valence-electron chi connectivity index (χ1n) is 5.59. The molecule has 0 aliphatic rings. The Labute approximate surface area is 106 Å². The molecular formula is C13H17NO2S. The van der Waals surface area contributed by atoms with E-state index in [0.29, 0.717) is 12.0 Å². The summed E-state index contributed by atoms with van der Waals surface area (Å²) in [5.74, 6) is 0.792. The third-order valence-electron chi connectivity index (χ3n) is 2.04. The van der Waals surface area contributed by atoms with Gasteiger partial charge in [0.25, 0.3) is 0 Å². The van der Waals surface area contributed by atoms with Crippen LogP contribution in [0.4, 0.5) is 0 Å². The molecular weight excluding hydrogens is 234 g/mol. The van der Waals surface area contributed by atoms with E-state index in [1.165, 1.54) is 0 Å². The predicted molar refractivity (Wildman–Crippen MR) is 70.4 cm³/mol. The van der Waals surface area contributed by atoms with Gasteiger partial charge in [-0.25, -0.2) is 0 Å². The van der Waals surface area contributed by atoms with Crippen molar-refractivity contribution in [1.82, 2.24) is 5.32 Å². The fraction of sp³-hybridized carbons (Fsp3) is 0.385. The van der Waals surface area contributed by atoms with Crippen LogP contribution in [0.5, 0.6) is 0 Å². The minimum Gasteiger partial charge on any atom is -0.354 e. The molecule has 0 unspecified atom stereocenters. The Morgan fingerprint density at radius 3 is 2.88 bits per heavy atom. The van der Waals surface area contributed by atoms with Crippen LogP contribution in [0.2, 0.25) is 0 Å². The lowest BCUT2D eigenvalue weighted by molar-refractivity contribution is -0.121. The van der Waals surface area contributed by atoms with Crippen LogP contribution in [0, 0.1) is 0 Å². The first-order chi connectivity index (χ1) is 8.11. The van der Waals surface area contributed by atoms with E-state index >= 15 is 0 Å². The summed E-state index contributed by atoms with van der Waals surface area (Å²) in [5.41, 5.74) is 0.668. The molecule has 0 aromatic heterocycles. The fourth-order valence-electron chi connectivity index (χ4n) is 1.33. The van der Waals surface area contributed by atoms with E-state index in [2.05, 4.69) is 5.32 Å². The molecule has 1 amide bonds. The highest BCUT2D eigenvalue weighted by atomic mass is 32.2. The zero-order valence-electron chi connectivity index (χ0n) is 10.1. The van der Waals surface area contributed by atoms with Crippen LogP contribution in [0.3, 0.4) is 0 Å². The first kappa shape index (κ1) is 13.8. The van der Waals surface area contributed by atoms with E-state index in [1.807, 2.05) is 32.0 Å². The number of thioether (sulfide) groups is 1. The third kappa shape index (κ3) is 5.54. The van der Waals surface area contributed by atoms with Gasteiger partial charge in [-0.2, -0.15) is 0 Å². The number of hydrogen-bond donors (Lipinski definition) is 1. The molecule has 0 fully saturated rings. The number of hydrogen-bond acceptors (Lipinski definition) is 3. The average molecular weight is 251 g/mol. The second kappa shape index (κ2) is 7.12. The van der Waals surface area contributed by atoms with Crippen molar-refractivity contribution in [2.45, 2.75) is 31.2 Å². The van der Waals surface area contributed by atoms with Crippen molar-refractivity contribution < 1.29 is 9.59 Å². The van der Waals surface area contributed by atoms with Crippen LogP contribution in [0.1, 0.15) is 30.6 Å². The topological polar surface area (TPSA) is 46.2 Å². The number of carbonyl (C=O) groups is 2. The molecule has 0 heterocycles. The Morgan fingerprint density at radius 2 is 2.24 bits per heavy atom. The molecule has 0 saturated carbocycles. The summed E-state index contributed by atoms with van der Waals surface area (Å²) in [4.78, 5) is 23.0. The second-order valence-corrected chi connectivity index (χ2v) is 5.18. The minimum absolute atomic E-state index is 0.0686. The van der Waals surface area contributed by atoms with Crippen LogP contribution in [0.15, 0.2) is 29.2 Å². The minimum atomic E-state index is 0.0686. The molecule has 92 valence electrons. The molecule has 0 spiro atoms. The van der Waals surface area contributed by atoms with E-state index in [-0.39, 0.29) is 11.9 Å². The van der Waals surface area contributed by atoms with Crippen LogP contribution < -0.4 is 5.32 Å². The van der Waals surface area contributed by atoms with Gasteiger partial charge >= 0.3 is 0 Å². The van der Waals surface area contributed by atoms with Crippen LogP contribution in [-0.2, 0) is 4.79 Å². The van der Waals surface area contributed by atoms with E-state index in [4.69, 9.17) is 0 Å². The number of rotatable bonds is 6. The van der Waals surface area contributed by atoms with Crippen LogP contribution in [-0.4, -0.2) is 24.0 Å². The molecule has 1 aromatic carbocycles. The van der Waals surface area contributed by atoms with Gasteiger partial charge in [-0.1, -0.05) is 12.1 Å². The van der Waals surface area contributed by atoms with Crippen molar-refractivity contribution in [2.75, 3.05) is 5.75 Å². The highest BCUT2D eigenvalue weighted by molar-refractivity contribution is 7.99. The summed E-state index contributed by atoms with van der Waals surface area (Å²) in [6, 6.07) is 7.57. The van der Waals surface area contributed by atoms with Gasteiger partial charge in [-0.05, 0) is 26.0 Å². The Hall–Kier alpha value is -1.29. The van der Waals surface area contributed by atoms with Gasteiger partial charge in [-0.15, -0.1) is 11.8 Å². The maximum atomic E-state index is 11.4. The maximum Gasteiger partial charge on any atom is 0.221 e. The predicted octanol–water partition coefficient (Wildman–Crippen LogP) is 2.51. The zero-order chi connectivity index (χ0) is 12.7. The van der Waals surface area contributed by atoms with Gasteiger partial charge in [0.05, 0.1) is 0 Å². The van der Waals surface area contributed by atoms with Crippen molar-refractivity contribution in [3.05, 3.63) is 29.8 Å². The number of carbonyl (C=O) groups excluding carboxylic acids is 2. The summed E-state index contributed by atoms with van der Waals surface area (Å²) in [7, 11) is 0. The number of amides is 1. The SMILES string of the molecule is CC(C)NC(=O)CCSc1cccc(C=O)c1. The molecule has 0 bridgehead atoms. The number of benzene rings is 1. The quantitative estimate of drug-likeness (QED) is 0.624. The lowest BCUT2D eigenvalue weighted by Crippen LogP contribution is -2.30. The Kier molecular flexibility index (Phi) is 5.77. The highest BCUT2D eigenvalue weighted by Crippen LogP contribution is 2.19. The Balaban J connectivity index is 2.35. The molecule has 1 rings (SSSR count).